The van der Waals surface area contributed by atoms with Crippen LogP contribution in [0.2, 0.25) is 0 Å². The van der Waals surface area contributed by atoms with E-state index in [1.165, 1.54) is 4.90 Å². The predicted octanol–water partition coefficient (Wildman–Crippen LogP) is 0.748. The quantitative estimate of drug-likeness (QED) is 0.782. The van der Waals surface area contributed by atoms with Crippen LogP contribution in [0.15, 0.2) is 0 Å². The van der Waals surface area contributed by atoms with Crippen LogP contribution in [0.5, 0.6) is 0 Å². The molecule has 0 radical (unpaired) electrons. The molecule has 0 aliphatic carbocycles. The molecule has 0 atom stereocenters. The molecule has 0 aromatic carbocycles. The maximum Gasteiger partial charge on any atom is 0.323 e. The number of carboxylic acids is 1. The largest absolute Gasteiger partial charge is 0.480 e. The van der Waals surface area contributed by atoms with Crippen molar-refractivity contribution < 1.29 is 19.8 Å². The van der Waals surface area contributed by atoms with Crippen molar-refractivity contribution >= 4 is 12.0 Å². The average molecular weight is 258 g/mol. The second-order valence-electron chi connectivity index (χ2n) is 5.38. The Morgan fingerprint density at radius 2 is 1.83 bits per heavy atom. The molecule has 2 N–H and O–H groups in total. The van der Waals surface area contributed by atoms with Crippen molar-refractivity contribution in [1.82, 2.24) is 9.80 Å². The van der Waals surface area contributed by atoms with E-state index in [9.17, 15) is 14.7 Å². The zero-order valence-electron chi connectivity index (χ0n) is 11.2. The molecule has 104 valence electrons. The van der Waals surface area contributed by atoms with Crippen LogP contribution in [0.4, 0.5) is 4.79 Å². The van der Waals surface area contributed by atoms with Gasteiger partial charge >= 0.3 is 12.0 Å². The first-order valence-corrected chi connectivity index (χ1v) is 6.22. The van der Waals surface area contributed by atoms with E-state index >= 15 is 0 Å². The molecular weight excluding hydrogens is 236 g/mol. The SMILES string of the molecule is CC(C)N(CC(=O)O)C(=O)N1CCC(C)(O)CC1. The lowest BCUT2D eigenvalue weighted by molar-refractivity contribution is -0.138. The minimum absolute atomic E-state index is 0.156. The van der Waals surface area contributed by atoms with Gasteiger partial charge in [0.1, 0.15) is 6.54 Å². The summed E-state index contributed by atoms with van der Waals surface area (Å²) in [4.78, 5) is 25.9. The number of aliphatic carboxylic acids is 1. The molecule has 0 aromatic rings. The van der Waals surface area contributed by atoms with E-state index in [0.29, 0.717) is 25.9 Å². The van der Waals surface area contributed by atoms with Crippen LogP contribution in [-0.2, 0) is 4.79 Å². The molecule has 0 saturated carbocycles. The van der Waals surface area contributed by atoms with E-state index < -0.39 is 11.6 Å². The molecule has 0 spiro atoms. The first-order valence-electron chi connectivity index (χ1n) is 6.22. The van der Waals surface area contributed by atoms with Gasteiger partial charge in [-0.25, -0.2) is 4.79 Å². The smallest absolute Gasteiger partial charge is 0.323 e. The third kappa shape index (κ3) is 3.87. The predicted molar refractivity (Wildman–Crippen MR) is 66.3 cm³/mol. The van der Waals surface area contributed by atoms with Crippen LogP contribution >= 0.6 is 0 Å². The minimum atomic E-state index is -1.01. The number of aliphatic hydroxyl groups is 1. The summed E-state index contributed by atoms with van der Waals surface area (Å²) in [5, 5.41) is 18.6. The lowest BCUT2D eigenvalue weighted by atomic mass is 9.94. The summed E-state index contributed by atoms with van der Waals surface area (Å²) in [5.74, 6) is -1.01. The molecule has 1 heterocycles. The molecule has 1 rings (SSSR count). The van der Waals surface area contributed by atoms with E-state index in [1.807, 2.05) is 0 Å². The molecular formula is C12H22N2O4. The summed E-state index contributed by atoms with van der Waals surface area (Å²) in [5.41, 5.74) is -0.716. The molecule has 6 nitrogen and oxygen atoms in total. The Kier molecular flexibility index (Phi) is 4.56. The third-order valence-corrected chi connectivity index (χ3v) is 3.29. The Morgan fingerprint density at radius 1 is 1.33 bits per heavy atom. The number of piperidine rings is 1. The van der Waals surface area contributed by atoms with Gasteiger partial charge in [0.15, 0.2) is 0 Å². The van der Waals surface area contributed by atoms with Crippen LogP contribution < -0.4 is 0 Å². The number of urea groups is 1. The van der Waals surface area contributed by atoms with Crippen molar-refractivity contribution in [2.45, 2.75) is 45.3 Å². The number of carbonyl (C=O) groups excluding carboxylic acids is 1. The Labute approximate surface area is 107 Å². The number of likely N-dealkylation sites (tertiary alicyclic amines) is 1. The number of rotatable bonds is 3. The second kappa shape index (κ2) is 5.56. The van der Waals surface area contributed by atoms with Gasteiger partial charge in [-0.3, -0.25) is 4.79 Å². The highest BCUT2D eigenvalue weighted by atomic mass is 16.4. The van der Waals surface area contributed by atoms with E-state index in [4.69, 9.17) is 5.11 Å². The van der Waals surface area contributed by atoms with Crippen LogP contribution in [0, 0.1) is 0 Å². The highest BCUT2D eigenvalue weighted by Crippen LogP contribution is 2.22. The van der Waals surface area contributed by atoms with Crippen LogP contribution in [0.25, 0.3) is 0 Å². The number of nitrogens with zero attached hydrogens (tertiary/aromatic N) is 2. The highest BCUT2D eigenvalue weighted by Gasteiger charge is 2.32. The molecule has 0 unspecified atom stereocenters. The zero-order valence-corrected chi connectivity index (χ0v) is 11.2. The average Bonchev–Trinajstić information content (AvgIpc) is 2.24. The number of hydrogen-bond donors (Lipinski definition) is 2. The Morgan fingerprint density at radius 3 is 2.22 bits per heavy atom. The van der Waals surface area contributed by atoms with Gasteiger partial charge in [0.05, 0.1) is 5.60 Å². The second-order valence-corrected chi connectivity index (χ2v) is 5.38. The number of carboxylic acid groups (broad SMARTS) is 1. The van der Waals surface area contributed by atoms with Gasteiger partial charge in [-0.05, 0) is 33.6 Å². The first kappa shape index (κ1) is 14.8. The number of amides is 2. The van der Waals surface area contributed by atoms with Gasteiger partial charge < -0.3 is 20.0 Å². The van der Waals surface area contributed by atoms with Gasteiger partial charge in [-0.1, -0.05) is 0 Å². The number of carbonyl (C=O) groups is 2. The van der Waals surface area contributed by atoms with E-state index in [1.54, 1.807) is 25.7 Å². The maximum atomic E-state index is 12.2. The van der Waals surface area contributed by atoms with E-state index in [-0.39, 0.29) is 18.6 Å². The first-order chi connectivity index (χ1) is 8.23. The summed E-state index contributed by atoms with van der Waals surface area (Å²) in [7, 11) is 0. The standard InChI is InChI=1S/C12H22N2O4/c1-9(2)14(8-10(15)16)11(17)13-6-4-12(3,18)5-7-13/h9,18H,4-8H2,1-3H3,(H,15,16). The van der Waals surface area contributed by atoms with Crippen LogP contribution in [0.1, 0.15) is 33.6 Å². The lowest BCUT2D eigenvalue weighted by Gasteiger charge is -2.39. The molecule has 18 heavy (non-hydrogen) atoms. The summed E-state index contributed by atoms with van der Waals surface area (Å²) >= 11 is 0. The lowest BCUT2D eigenvalue weighted by Crippen LogP contribution is -2.53. The highest BCUT2D eigenvalue weighted by molar-refractivity contribution is 5.80. The molecule has 1 saturated heterocycles. The normalized spacial score (nSPS) is 18.8. The Hall–Kier alpha value is -1.30. The molecule has 1 fully saturated rings. The topological polar surface area (TPSA) is 81.1 Å². The third-order valence-electron chi connectivity index (χ3n) is 3.29. The molecule has 6 heteroatoms. The maximum absolute atomic E-state index is 12.2. The fraction of sp³-hybridized carbons (Fsp3) is 0.833. The van der Waals surface area contributed by atoms with Crippen molar-refractivity contribution in [2.75, 3.05) is 19.6 Å². The van der Waals surface area contributed by atoms with Crippen molar-refractivity contribution in [2.24, 2.45) is 0 Å². The van der Waals surface area contributed by atoms with Crippen LogP contribution in [-0.4, -0.2) is 63.3 Å². The molecule has 1 aliphatic heterocycles. The fourth-order valence-electron chi connectivity index (χ4n) is 1.98. The monoisotopic (exact) mass is 258 g/mol. The minimum Gasteiger partial charge on any atom is -0.480 e. The van der Waals surface area contributed by atoms with Gasteiger partial charge in [-0.15, -0.1) is 0 Å². The Balaban J connectivity index is 2.64. The summed E-state index contributed by atoms with van der Waals surface area (Å²) in [6.07, 6.45) is 1.05. The molecule has 1 aliphatic rings. The van der Waals surface area contributed by atoms with Crippen molar-refractivity contribution in [3.8, 4) is 0 Å². The van der Waals surface area contributed by atoms with Crippen molar-refractivity contribution in [3.63, 3.8) is 0 Å². The fourth-order valence-corrected chi connectivity index (χ4v) is 1.98. The van der Waals surface area contributed by atoms with Gasteiger partial charge in [0, 0.05) is 19.1 Å². The van der Waals surface area contributed by atoms with Crippen molar-refractivity contribution in [3.05, 3.63) is 0 Å². The summed E-state index contributed by atoms with van der Waals surface area (Å²) in [6.45, 7) is 5.99. The van der Waals surface area contributed by atoms with Gasteiger partial charge in [0.25, 0.3) is 0 Å². The Bertz CT molecular complexity index is 318. The van der Waals surface area contributed by atoms with Crippen LogP contribution in [0.3, 0.4) is 0 Å². The van der Waals surface area contributed by atoms with Gasteiger partial charge in [0.2, 0.25) is 0 Å². The van der Waals surface area contributed by atoms with Crippen molar-refractivity contribution in [1.29, 1.82) is 0 Å². The zero-order chi connectivity index (χ0) is 13.9. The molecule has 2 amide bonds. The molecule has 0 aromatic heterocycles. The van der Waals surface area contributed by atoms with E-state index in [0.717, 1.165) is 0 Å². The summed E-state index contributed by atoms with van der Waals surface area (Å²) in [6, 6.07) is -0.418. The number of hydrogen-bond acceptors (Lipinski definition) is 3. The summed E-state index contributed by atoms with van der Waals surface area (Å²) < 4.78 is 0. The van der Waals surface area contributed by atoms with Gasteiger partial charge in [-0.2, -0.15) is 0 Å². The molecule has 0 bridgehead atoms. The van der Waals surface area contributed by atoms with E-state index in [2.05, 4.69) is 0 Å².